The van der Waals surface area contributed by atoms with Crippen molar-refractivity contribution in [1.82, 2.24) is 15.5 Å². The van der Waals surface area contributed by atoms with Gasteiger partial charge in [-0.15, -0.1) is 10.2 Å². The van der Waals surface area contributed by atoms with Gasteiger partial charge >= 0.3 is 6.61 Å². The molecule has 0 unspecified atom stereocenters. The lowest BCUT2D eigenvalue weighted by atomic mass is 10.1. The molecule has 0 bridgehead atoms. The molecule has 2 N–H and O–H groups in total. The number of hydrogen-bond donors (Lipinski definition) is 2. The smallest absolute Gasteiger partial charge is 0.387 e. The van der Waals surface area contributed by atoms with Crippen molar-refractivity contribution in [2.24, 2.45) is 0 Å². The molecule has 0 aliphatic rings. The molecular formula is C18H18F2N4O3S2. The highest BCUT2D eigenvalue weighted by Gasteiger charge is 2.09. The van der Waals surface area contributed by atoms with Gasteiger partial charge in [0.2, 0.25) is 11.0 Å². The predicted molar refractivity (Wildman–Crippen MR) is 106 cm³/mol. The Kier molecular flexibility index (Phi) is 7.82. The number of furan rings is 1. The third kappa shape index (κ3) is 7.35. The molecule has 7 nitrogen and oxygen atoms in total. The van der Waals surface area contributed by atoms with Crippen LogP contribution in [0.3, 0.4) is 0 Å². The largest absolute Gasteiger partial charge is 0.467 e. The molecule has 2 aromatic heterocycles. The Balaban J connectivity index is 1.32. The summed E-state index contributed by atoms with van der Waals surface area (Å²) in [6.45, 7) is -1.88. The Morgan fingerprint density at radius 1 is 1.24 bits per heavy atom. The maximum atomic E-state index is 12.1. The van der Waals surface area contributed by atoms with Gasteiger partial charge < -0.3 is 19.8 Å². The summed E-state index contributed by atoms with van der Waals surface area (Å²) in [7, 11) is 0. The number of thioether (sulfide) groups is 1. The van der Waals surface area contributed by atoms with E-state index in [4.69, 9.17) is 4.42 Å². The van der Waals surface area contributed by atoms with Crippen molar-refractivity contribution < 1.29 is 22.7 Å². The Morgan fingerprint density at radius 3 is 2.79 bits per heavy atom. The van der Waals surface area contributed by atoms with Crippen LogP contribution in [0, 0.1) is 0 Å². The van der Waals surface area contributed by atoms with Crippen molar-refractivity contribution >= 4 is 34.1 Å². The minimum absolute atomic E-state index is 0.110. The second kappa shape index (κ2) is 10.8. The van der Waals surface area contributed by atoms with Gasteiger partial charge in [0, 0.05) is 6.54 Å². The maximum Gasteiger partial charge on any atom is 0.387 e. The molecule has 11 heteroatoms. The molecule has 0 radical (unpaired) electrons. The van der Waals surface area contributed by atoms with Gasteiger partial charge in [-0.2, -0.15) is 8.78 Å². The summed E-state index contributed by atoms with van der Waals surface area (Å²) in [6, 6.07) is 10.0. The number of aromatic nitrogens is 2. The molecular weight excluding hydrogens is 422 g/mol. The van der Waals surface area contributed by atoms with Crippen molar-refractivity contribution in [3.8, 4) is 5.75 Å². The zero-order valence-corrected chi connectivity index (χ0v) is 16.8. The fourth-order valence-corrected chi connectivity index (χ4v) is 3.86. The molecule has 1 amide bonds. The first-order valence-electron chi connectivity index (χ1n) is 8.61. The van der Waals surface area contributed by atoms with Gasteiger partial charge in [0.05, 0.1) is 18.6 Å². The van der Waals surface area contributed by atoms with E-state index < -0.39 is 6.61 Å². The quantitative estimate of drug-likeness (QED) is 0.439. The molecule has 0 aliphatic carbocycles. The number of alkyl halides is 2. The summed E-state index contributed by atoms with van der Waals surface area (Å²) >= 11 is 2.67. The van der Waals surface area contributed by atoms with E-state index in [1.54, 1.807) is 18.4 Å². The monoisotopic (exact) mass is 440 g/mol. The van der Waals surface area contributed by atoms with E-state index in [2.05, 4.69) is 25.6 Å². The Labute approximate surface area is 173 Å². The van der Waals surface area contributed by atoms with Gasteiger partial charge in [-0.1, -0.05) is 35.2 Å². The van der Waals surface area contributed by atoms with Crippen molar-refractivity contribution in [2.75, 3.05) is 17.6 Å². The number of nitrogens with one attached hydrogen (secondary N) is 2. The fraction of sp³-hybridized carbons (Fsp3) is 0.278. The number of halogens is 2. The second-order valence-corrected chi connectivity index (χ2v) is 7.92. The lowest BCUT2D eigenvalue weighted by molar-refractivity contribution is -0.118. The van der Waals surface area contributed by atoms with Gasteiger partial charge in [-0.25, -0.2) is 0 Å². The average Bonchev–Trinajstić information content (AvgIpc) is 3.37. The topological polar surface area (TPSA) is 89.3 Å². The fourth-order valence-electron chi connectivity index (χ4n) is 2.28. The normalized spacial score (nSPS) is 10.9. The molecule has 0 spiro atoms. The van der Waals surface area contributed by atoms with Crippen molar-refractivity contribution in [1.29, 1.82) is 0 Å². The first-order valence-corrected chi connectivity index (χ1v) is 10.4. The zero-order chi connectivity index (χ0) is 20.5. The minimum atomic E-state index is -2.84. The van der Waals surface area contributed by atoms with Crippen LogP contribution in [-0.2, 0) is 17.8 Å². The standard InChI is InChI=1S/C18H18F2N4O3S2/c19-16(20)27-13-5-3-12(4-6-13)7-8-21-15(25)11-28-18-24-23-17(29-18)22-10-14-2-1-9-26-14/h1-6,9,16H,7-8,10-11H2,(H,21,25)(H,22,23). The van der Waals surface area contributed by atoms with Gasteiger partial charge in [0.25, 0.3) is 0 Å². The molecule has 3 aromatic rings. The maximum absolute atomic E-state index is 12.1. The molecule has 0 fully saturated rings. The van der Waals surface area contributed by atoms with Crippen molar-refractivity contribution in [3.63, 3.8) is 0 Å². The number of carbonyl (C=O) groups is 1. The van der Waals surface area contributed by atoms with E-state index in [0.717, 1.165) is 11.3 Å². The van der Waals surface area contributed by atoms with Crippen LogP contribution in [0.25, 0.3) is 0 Å². The van der Waals surface area contributed by atoms with Gasteiger partial charge in [-0.05, 0) is 36.2 Å². The predicted octanol–water partition coefficient (Wildman–Crippen LogP) is 3.80. The summed E-state index contributed by atoms with van der Waals surface area (Å²) in [5, 5.41) is 14.6. The van der Waals surface area contributed by atoms with E-state index in [9.17, 15) is 13.6 Å². The zero-order valence-electron chi connectivity index (χ0n) is 15.1. The number of amides is 1. The molecule has 29 heavy (non-hydrogen) atoms. The highest BCUT2D eigenvalue weighted by Crippen LogP contribution is 2.25. The molecule has 0 saturated carbocycles. The molecule has 0 atom stereocenters. The van der Waals surface area contributed by atoms with Crippen LogP contribution < -0.4 is 15.4 Å². The van der Waals surface area contributed by atoms with E-state index in [-0.39, 0.29) is 17.4 Å². The molecule has 154 valence electrons. The Morgan fingerprint density at radius 2 is 2.07 bits per heavy atom. The van der Waals surface area contributed by atoms with E-state index >= 15 is 0 Å². The Bertz CT molecular complexity index is 889. The van der Waals surface area contributed by atoms with Crippen LogP contribution in [0.4, 0.5) is 13.9 Å². The number of anilines is 1. The molecule has 0 aliphatic heterocycles. The number of rotatable bonds is 11. The first kappa shape index (κ1) is 21.1. The summed E-state index contributed by atoms with van der Waals surface area (Å²) in [6.07, 6.45) is 2.19. The molecule has 0 saturated heterocycles. The molecule has 2 heterocycles. The van der Waals surface area contributed by atoms with Gasteiger partial charge in [-0.3, -0.25) is 4.79 Å². The number of ether oxygens (including phenoxy) is 1. The highest BCUT2D eigenvalue weighted by molar-refractivity contribution is 8.01. The lowest BCUT2D eigenvalue weighted by Crippen LogP contribution is -2.27. The SMILES string of the molecule is O=C(CSc1nnc(NCc2ccco2)s1)NCCc1ccc(OC(F)F)cc1. The first-order chi connectivity index (χ1) is 14.1. The summed E-state index contributed by atoms with van der Waals surface area (Å²) < 4.78 is 34.5. The van der Waals surface area contributed by atoms with Gasteiger partial charge in [0.15, 0.2) is 4.34 Å². The van der Waals surface area contributed by atoms with E-state index in [0.29, 0.717) is 29.0 Å². The third-order valence-electron chi connectivity index (χ3n) is 3.61. The molecule has 3 rings (SSSR count). The second-order valence-electron chi connectivity index (χ2n) is 5.72. The molecule has 1 aromatic carbocycles. The van der Waals surface area contributed by atoms with E-state index in [1.807, 2.05) is 12.1 Å². The van der Waals surface area contributed by atoms with Crippen LogP contribution in [0.5, 0.6) is 5.75 Å². The highest BCUT2D eigenvalue weighted by atomic mass is 32.2. The third-order valence-corrected chi connectivity index (χ3v) is 5.63. The van der Waals surface area contributed by atoms with Gasteiger partial charge in [0.1, 0.15) is 11.5 Å². The van der Waals surface area contributed by atoms with Crippen LogP contribution in [0.15, 0.2) is 51.4 Å². The number of carbonyl (C=O) groups excluding carboxylic acids is 1. The summed E-state index contributed by atoms with van der Waals surface area (Å²) in [4.78, 5) is 12.0. The van der Waals surface area contributed by atoms with Crippen LogP contribution in [-0.4, -0.2) is 35.0 Å². The van der Waals surface area contributed by atoms with Crippen LogP contribution >= 0.6 is 23.1 Å². The number of benzene rings is 1. The average molecular weight is 440 g/mol. The summed E-state index contributed by atoms with van der Waals surface area (Å²) in [5.74, 6) is 1.02. The van der Waals surface area contributed by atoms with Crippen molar-refractivity contribution in [2.45, 2.75) is 23.9 Å². The number of hydrogen-bond acceptors (Lipinski definition) is 8. The minimum Gasteiger partial charge on any atom is -0.467 e. The van der Waals surface area contributed by atoms with Crippen molar-refractivity contribution in [3.05, 3.63) is 54.0 Å². The van der Waals surface area contributed by atoms with E-state index in [1.165, 1.54) is 35.2 Å². The summed E-state index contributed by atoms with van der Waals surface area (Å²) in [5.41, 5.74) is 0.913. The Hall–Kier alpha value is -2.66. The van der Waals surface area contributed by atoms with Crippen LogP contribution in [0.1, 0.15) is 11.3 Å². The van der Waals surface area contributed by atoms with Crippen LogP contribution in [0.2, 0.25) is 0 Å². The lowest BCUT2D eigenvalue weighted by Gasteiger charge is -2.07. The number of nitrogens with zero attached hydrogens (tertiary/aromatic N) is 2.